The van der Waals surface area contributed by atoms with Crippen molar-refractivity contribution in [2.45, 2.75) is 13.5 Å². The van der Waals surface area contributed by atoms with Gasteiger partial charge in [0.1, 0.15) is 17.3 Å². The third-order valence-electron chi connectivity index (χ3n) is 2.09. The van der Waals surface area contributed by atoms with E-state index in [0.29, 0.717) is 12.2 Å². The van der Waals surface area contributed by atoms with E-state index in [4.69, 9.17) is 10.2 Å². The molecule has 0 spiro atoms. The largest absolute Gasteiger partial charge is 0.465 e. The summed E-state index contributed by atoms with van der Waals surface area (Å²) in [6.45, 7) is 2.52. The quantitative estimate of drug-likeness (QED) is 0.908. The van der Waals surface area contributed by atoms with E-state index in [9.17, 15) is 0 Å². The molecule has 0 saturated heterocycles. The Morgan fingerprint density at radius 1 is 1.50 bits per heavy atom. The summed E-state index contributed by atoms with van der Waals surface area (Å²) in [5.74, 6) is 2.53. The zero-order valence-electron chi connectivity index (χ0n) is 8.83. The van der Waals surface area contributed by atoms with E-state index in [-0.39, 0.29) is 0 Å². The molecule has 16 heavy (non-hydrogen) atoms. The number of nitrogen functional groups attached to an aromatic ring is 1. The van der Waals surface area contributed by atoms with Gasteiger partial charge in [0.05, 0.1) is 22.9 Å². The molecular formula is C11H12BrN3O. The van der Waals surface area contributed by atoms with Gasteiger partial charge in [-0.2, -0.15) is 0 Å². The van der Waals surface area contributed by atoms with Crippen LogP contribution in [0.1, 0.15) is 11.5 Å². The second-order valence-corrected chi connectivity index (χ2v) is 4.32. The van der Waals surface area contributed by atoms with Crippen LogP contribution in [0.15, 0.2) is 33.3 Å². The Kier molecular flexibility index (Phi) is 3.14. The lowest BCUT2D eigenvalue weighted by molar-refractivity contribution is 0.490. The molecule has 2 heterocycles. The fourth-order valence-corrected chi connectivity index (χ4v) is 1.84. The van der Waals surface area contributed by atoms with Crippen molar-refractivity contribution in [3.05, 3.63) is 40.4 Å². The van der Waals surface area contributed by atoms with Crippen LogP contribution in [0.3, 0.4) is 0 Å². The number of aromatic nitrogens is 1. The topological polar surface area (TPSA) is 64.1 Å². The fourth-order valence-electron chi connectivity index (χ4n) is 1.33. The van der Waals surface area contributed by atoms with Crippen molar-refractivity contribution < 1.29 is 4.42 Å². The molecule has 0 aliphatic rings. The Bertz CT molecular complexity index is 496. The van der Waals surface area contributed by atoms with Gasteiger partial charge in [-0.15, -0.1) is 0 Å². The minimum absolute atomic E-state index is 0.601. The number of nitrogens with two attached hydrogens (primary N) is 1. The minimum atomic E-state index is 0.601. The number of pyridine rings is 1. The van der Waals surface area contributed by atoms with Crippen LogP contribution in [0.5, 0.6) is 0 Å². The van der Waals surface area contributed by atoms with Crippen LogP contribution in [0.2, 0.25) is 0 Å². The fraction of sp³-hybridized carbons (Fsp3) is 0.182. The lowest BCUT2D eigenvalue weighted by Gasteiger charge is -2.06. The average Bonchev–Trinajstić information content (AvgIpc) is 2.63. The Labute approximate surface area is 102 Å². The number of hydrogen-bond acceptors (Lipinski definition) is 4. The SMILES string of the molecule is Cc1ccc(CNc2ncc(N)cc2Br)o1. The molecule has 0 bridgehead atoms. The van der Waals surface area contributed by atoms with Gasteiger partial charge >= 0.3 is 0 Å². The molecule has 3 N–H and O–H groups in total. The molecule has 0 aliphatic carbocycles. The van der Waals surface area contributed by atoms with E-state index in [1.807, 2.05) is 25.1 Å². The van der Waals surface area contributed by atoms with Gasteiger partial charge in [0.15, 0.2) is 0 Å². The standard InChI is InChI=1S/C11H12BrN3O/c1-7-2-3-9(16-7)6-15-11-10(12)4-8(13)5-14-11/h2-5H,6,13H2,1H3,(H,14,15). The van der Waals surface area contributed by atoms with Crippen molar-refractivity contribution in [1.29, 1.82) is 0 Å². The number of aryl methyl sites for hydroxylation is 1. The maximum Gasteiger partial charge on any atom is 0.140 e. The molecule has 4 nitrogen and oxygen atoms in total. The highest BCUT2D eigenvalue weighted by molar-refractivity contribution is 9.10. The van der Waals surface area contributed by atoms with Gasteiger partial charge < -0.3 is 15.5 Å². The molecule has 5 heteroatoms. The Hall–Kier alpha value is -1.49. The van der Waals surface area contributed by atoms with Gasteiger partial charge in [-0.25, -0.2) is 4.98 Å². The van der Waals surface area contributed by atoms with Crippen LogP contribution in [0.25, 0.3) is 0 Å². The number of rotatable bonds is 3. The monoisotopic (exact) mass is 281 g/mol. The van der Waals surface area contributed by atoms with Crippen molar-refractivity contribution in [2.24, 2.45) is 0 Å². The molecule has 0 unspecified atom stereocenters. The first-order chi connectivity index (χ1) is 7.65. The summed E-state index contributed by atoms with van der Waals surface area (Å²) < 4.78 is 6.28. The van der Waals surface area contributed by atoms with Crippen molar-refractivity contribution in [2.75, 3.05) is 11.1 Å². The molecule has 0 atom stereocenters. The lowest BCUT2D eigenvalue weighted by Crippen LogP contribution is -2.01. The first-order valence-corrected chi connectivity index (χ1v) is 5.64. The van der Waals surface area contributed by atoms with Crippen LogP contribution >= 0.6 is 15.9 Å². The van der Waals surface area contributed by atoms with Crippen LogP contribution in [0, 0.1) is 6.92 Å². The van der Waals surface area contributed by atoms with Crippen LogP contribution < -0.4 is 11.1 Å². The highest BCUT2D eigenvalue weighted by atomic mass is 79.9. The summed E-state index contributed by atoms with van der Waals surface area (Å²) in [4.78, 5) is 4.18. The number of nitrogens with zero attached hydrogens (tertiary/aromatic N) is 1. The van der Waals surface area contributed by atoms with Gasteiger partial charge in [0.2, 0.25) is 0 Å². The zero-order valence-corrected chi connectivity index (χ0v) is 10.4. The van der Waals surface area contributed by atoms with E-state index in [2.05, 4.69) is 26.2 Å². The molecule has 0 fully saturated rings. The smallest absolute Gasteiger partial charge is 0.140 e. The maximum absolute atomic E-state index is 5.60. The molecule has 84 valence electrons. The number of furan rings is 1. The Balaban J connectivity index is 2.04. The van der Waals surface area contributed by atoms with Crippen molar-refractivity contribution >= 4 is 27.4 Å². The van der Waals surface area contributed by atoms with E-state index in [1.54, 1.807) is 6.20 Å². The Morgan fingerprint density at radius 2 is 2.31 bits per heavy atom. The molecule has 2 aromatic heterocycles. The van der Waals surface area contributed by atoms with Crippen LogP contribution in [-0.4, -0.2) is 4.98 Å². The van der Waals surface area contributed by atoms with E-state index < -0.39 is 0 Å². The van der Waals surface area contributed by atoms with Gasteiger partial charge in [0, 0.05) is 0 Å². The molecule has 0 radical (unpaired) electrons. The predicted octanol–water partition coefficient (Wildman–Crippen LogP) is 2.94. The van der Waals surface area contributed by atoms with Crippen molar-refractivity contribution in [3.8, 4) is 0 Å². The normalized spacial score (nSPS) is 10.4. The van der Waals surface area contributed by atoms with Gasteiger partial charge in [-0.3, -0.25) is 0 Å². The second kappa shape index (κ2) is 4.57. The molecule has 0 aliphatic heterocycles. The van der Waals surface area contributed by atoms with E-state index in [0.717, 1.165) is 21.8 Å². The summed E-state index contributed by atoms with van der Waals surface area (Å²) in [5.41, 5.74) is 6.23. The van der Waals surface area contributed by atoms with Gasteiger partial charge in [0.25, 0.3) is 0 Å². The zero-order chi connectivity index (χ0) is 11.5. The average molecular weight is 282 g/mol. The molecule has 0 aromatic carbocycles. The van der Waals surface area contributed by atoms with Crippen molar-refractivity contribution in [1.82, 2.24) is 4.98 Å². The van der Waals surface area contributed by atoms with Crippen molar-refractivity contribution in [3.63, 3.8) is 0 Å². The highest BCUT2D eigenvalue weighted by Crippen LogP contribution is 2.22. The predicted molar refractivity (Wildman–Crippen MR) is 67.1 cm³/mol. The third-order valence-corrected chi connectivity index (χ3v) is 2.69. The van der Waals surface area contributed by atoms with Crippen LogP contribution in [-0.2, 0) is 6.54 Å². The molecule has 2 rings (SSSR count). The molecule has 0 amide bonds. The van der Waals surface area contributed by atoms with E-state index >= 15 is 0 Å². The molecule has 2 aromatic rings. The number of halogens is 1. The lowest BCUT2D eigenvalue weighted by atomic mass is 10.4. The first kappa shape index (κ1) is 11.0. The minimum Gasteiger partial charge on any atom is -0.465 e. The first-order valence-electron chi connectivity index (χ1n) is 4.85. The highest BCUT2D eigenvalue weighted by Gasteiger charge is 2.03. The molecule has 0 saturated carbocycles. The number of anilines is 2. The van der Waals surface area contributed by atoms with Gasteiger partial charge in [-0.1, -0.05) is 0 Å². The molecular weight excluding hydrogens is 270 g/mol. The van der Waals surface area contributed by atoms with Crippen LogP contribution in [0.4, 0.5) is 11.5 Å². The Morgan fingerprint density at radius 3 is 2.94 bits per heavy atom. The van der Waals surface area contributed by atoms with Gasteiger partial charge in [-0.05, 0) is 41.1 Å². The number of hydrogen-bond donors (Lipinski definition) is 2. The maximum atomic E-state index is 5.60. The summed E-state index contributed by atoms with van der Waals surface area (Å²) >= 11 is 3.39. The third kappa shape index (κ3) is 2.55. The van der Waals surface area contributed by atoms with E-state index in [1.165, 1.54) is 0 Å². The second-order valence-electron chi connectivity index (χ2n) is 3.46. The summed E-state index contributed by atoms with van der Waals surface area (Å²) in [6.07, 6.45) is 1.61. The number of nitrogens with one attached hydrogen (secondary N) is 1. The summed E-state index contributed by atoms with van der Waals surface area (Å²) in [7, 11) is 0. The summed E-state index contributed by atoms with van der Waals surface area (Å²) in [5, 5.41) is 3.16. The summed E-state index contributed by atoms with van der Waals surface area (Å²) in [6, 6.07) is 5.68.